The number of rotatable bonds is 5. The van der Waals surface area contributed by atoms with Crippen molar-refractivity contribution in [3.63, 3.8) is 0 Å². The zero-order valence-electron chi connectivity index (χ0n) is 15.8. The third-order valence-corrected chi connectivity index (χ3v) is 4.92. The number of benzene rings is 2. The van der Waals surface area contributed by atoms with Crippen LogP contribution in [-0.2, 0) is 6.54 Å². The second kappa shape index (κ2) is 8.12. The van der Waals surface area contributed by atoms with Crippen LogP contribution < -0.4 is 11.1 Å². The van der Waals surface area contributed by atoms with Crippen molar-refractivity contribution >= 4 is 17.6 Å². The molecule has 0 unspecified atom stereocenters. The van der Waals surface area contributed by atoms with Gasteiger partial charge in [-0.25, -0.2) is 0 Å². The molecule has 1 heterocycles. The first kappa shape index (κ1) is 19.4. The third-order valence-electron chi connectivity index (χ3n) is 4.92. The molecule has 146 valence electrons. The van der Waals surface area contributed by atoms with Gasteiger partial charge in [-0.2, -0.15) is 0 Å². The average molecular weight is 380 g/mol. The van der Waals surface area contributed by atoms with Crippen molar-refractivity contribution in [3.8, 4) is 5.75 Å². The molecule has 3 rings (SSSR count). The van der Waals surface area contributed by atoms with Crippen LogP contribution >= 0.6 is 0 Å². The number of aromatic hydroxyl groups is 1. The van der Waals surface area contributed by atoms with Crippen LogP contribution in [0, 0.1) is 12.3 Å². The van der Waals surface area contributed by atoms with Crippen molar-refractivity contribution in [3.05, 3.63) is 64.2 Å². The molecule has 0 aromatic heterocycles. The Labute approximate surface area is 163 Å². The fourth-order valence-corrected chi connectivity index (χ4v) is 3.33. The molecule has 0 saturated carbocycles. The maximum atomic E-state index is 12.6. The van der Waals surface area contributed by atoms with Gasteiger partial charge in [-0.3, -0.25) is 15.0 Å². The van der Waals surface area contributed by atoms with Gasteiger partial charge in [0.25, 0.3) is 11.8 Å². The van der Waals surface area contributed by atoms with Crippen molar-refractivity contribution in [1.82, 2.24) is 10.2 Å². The zero-order chi connectivity index (χ0) is 20.3. The molecular formula is C21H24N4O3. The summed E-state index contributed by atoms with van der Waals surface area (Å²) in [5.41, 5.74) is 8.26. The molecule has 1 aliphatic rings. The van der Waals surface area contributed by atoms with Crippen LogP contribution in [0.1, 0.15) is 50.2 Å². The highest BCUT2D eigenvalue weighted by Gasteiger charge is 2.21. The number of nitrogens with zero attached hydrogens (tertiary/aromatic N) is 1. The Bertz CT molecular complexity index is 933. The van der Waals surface area contributed by atoms with Gasteiger partial charge in [0.1, 0.15) is 11.6 Å². The first-order chi connectivity index (χ1) is 13.4. The summed E-state index contributed by atoms with van der Waals surface area (Å²) < 4.78 is 0. The highest BCUT2D eigenvalue weighted by atomic mass is 16.3. The van der Waals surface area contributed by atoms with E-state index >= 15 is 0 Å². The first-order valence-corrected chi connectivity index (χ1v) is 9.21. The number of hydrogen-bond acceptors (Lipinski definition) is 4. The minimum Gasteiger partial charge on any atom is -0.507 e. The van der Waals surface area contributed by atoms with Gasteiger partial charge in [0.15, 0.2) is 0 Å². The maximum Gasteiger partial charge on any atom is 0.255 e. The number of carbonyl (C=O) groups is 2. The Hall–Kier alpha value is -3.35. The largest absolute Gasteiger partial charge is 0.507 e. The van der Waals surface area contributed by atoms with Crippen LogP contribution in [0.5, 0.6) is 5.75 Å². The summed E-state index contributed by atoms with van der Waals surface area (Å²) in [7, 11) is 0. The lowest BCUT2D eigenvalue weighted by Crippen LogP contribution is -2.28. The molecule has 0 atom stereocenters. The predicted molar refractivity (Wildman–Crippen MR) is 107 cm³/mol. The van der Waals surface area contributed by atoms with Gasteiger partial charge in [-0.05, 0) is 55.2 Å². The second-order valence-corrected chi connectivity index (χ2v) is 6.98. The highest BCUT2D eigenvalue weighted by Crippen LogP contribution is 2.20. The summed E-state index contributed by atoms with van der Waals surface area (Å²) >= 11 is 0. The lowest BCUT2D eigenvalue weighted by molar-refractivity contribution is 0.0791. The quantitative estimate of drug-likeness (QED) is 0.469. The molecule has 0 bridgehead atoms. The number of amides is 2. The fourth-order valence-electron chi connectivity index (χ4n) is 3.33. The van der Waals surface area contributed by atoms with E-state index in [2.05, 4.69) is 5.32 Å². The second-order valence-electron chi connectivity index (χ2n) is 6.98. The van der Waals surface area contributed by atoms with Crippen LogP contribution in [-0.4, -0.2) is 40.7 Å². The normalized spacial score (nSPS) is 13.4. The van der Waals surface area contributed by atoms with Gasteiger partial charge in [0, 0.05) is 30.8 Å². The lowest BCUT2D eigenvalue weighted by atomic mass is 10.0. The van der Waals surface area contributed by atoms with Crippen LogP contribution in [0.25, 0.3) is 0 Å². The number of amidine groups is 1. The zero-order valence-corrected chi connectivity index (χ0v) is 15.8. The molecule has 2 amide bonds. The van der Waals surface area contributed by atoms with Crippen LogP contribution in [0.2, 0.25) is 0 Å². The number of hydrogen-bond donors (Lipinski definition) is 4. The number of phenolic OH excluding ortho intramolecular Hbond substituents is 1. The molecule has 7 heteroatoms. The standard InChI is InChI=1S/C21H24N4O3/c1-13-10-14(4-6-16(13)21(28)25-8-2-3-9-25)12-24-20(27)17-11-15(19(22)23)5-7-18(17)26/h4-7,10-11,26H,2-3,8-9,12H2,1H3,(H3,22,23)(H,24,27). The molecule has 1 aliphatic heterocycles. The Morgan fingerprint density at radius 2 is 1.86 bits per heavy atom. The van der Waals surface area contributed by atoms with Crippen molar-refractivity contribution < 1.29 is 14.7 Å². The Balaban J connectivity index is 1.68. The summed E-state index contributed by atoms with van der Waals surface area (Å²) in [4.78, 5) is 26.8. The first-order valence-electron chi connectivity index (χ1n) is 9.21. The molecule has 5 N–H and O–H groups in total. The maximum absolute atomic E-state index is 12.6. The molecule has 1 fully saturated rings. The number of aryl methyl sites for hydroxylation is 1. The molecular weight excluding hydrogens is 356 g/mol. The number of carbonyl (C=O) groups excluding carboxylic acids is 2. The molecule has 0 aliphatic carbocycles. The topological polar surface area (TPSA) is 120 Å². The van der Waals surface area contributed by atoms with Crippen molar-refractivity contribution in [2.75, 3.05) is 13.1 Å². The number of phenols is 1. The van der Waals surface area contributed by atoms with Gasteiger partial charge in [0.05, 0.1) is 5.56 Å². The van der Waals surface area contributed by atoms with E-state index in [4.69, 9.17) is 11.1 Å². The minimum atomic E-state index is -0.463. The van der Waals surface area contributed by atoms with Gasteiger partial charge < -0.3 is 21.1 Å². The van der Waals surface area contributed by atoms with Crippen LogP contribution in [0.15, 0.2) is 36.4 Å². The van der Waals surface area contributed by atoms with Gasteiger partial charge in [-0.1, -0.05) is 12.1 Å². The Morgan fingerprint density at radius 1 is 1.14 bits per heavy atom. The molecule has 0 radical (unpaired) electrons. The van der Waals surface area contributed by atoms with E-state index in [-0.39, 0.29) is 29.6 Å². The molecule has 28 heavy (non-hydrogen) atoms. The van der Waals surface area contributed by atoms with E-state index in [0.29, 0.717) is 11.1 Å². The highest BCUT2D eigenvalue weighted by molar-refractivity contribution is 6.01. The lowest BCUT2D eigenvalue weighted by Gasteiger charge is -2.17. The van der Waals surface area contributed by atoms with Crippen LogP contribution in [0.3, 0.4) is 0 Å². The molecule has 0 spiro atoms. The predicted octanol–water partition coefficient (Wildman–Crippen LogP) is 2.15. The summed E-state index contributed by atoms with van der Waals surface area (Å²) in [6.07, 6.45) is 2.10. The minimum absolute atomic E-state index is 0.0524. The number of nitrogens with two attached hydrogens (primary N) is 1. The molecule has 2 aromatic rings. The average Bonchev–Trinajstić information content (AvgIpc) is 3.20. The van der Waals surface area contributed by atoms with E-state index in [0.717, 1.165) is 37.1 Å². The van der Waals surface area contributed by atoms with Crippen molar-refractivity contribution in [1.29, 1.82) is 5.41 Å². The summed E-state index contributed by atoms with van der Waals surface area (Å²) in [5, 5.41) is 20.1. The van der Waals surface area contributed by atoms with Gasteiger partial charge >= 0.3 is 0 Å². The van der Waals surface area contributed by atoms with E-state index in [1.807, 2.05) is 24.0 Å². The number of likely N-dealkylation sites (tertiary alicyclic amines) is 1. The molecule has 7 nitrogen and oxygen atoms in total. The summed E-state index contributed by atoms with van der Waals surface area (Å²) in [6.45, 7) is 3.75. The Morgan fingerprint density at radius 3 is 2.50 bits per heavy atom. The van der Waals surface area contributed by atoms with Crippen molar-refractivity contribution in [2.45, 2.75) is 26.3 Å². The Kier molecular flexibility index (Phi) is 5.63. The summed E-state index contributed by atoms with van der Waals surface area (Å²) in [5.74, 6) is -0.764. The number of nitrogens with one attached hydrogen (secondary N) is 2. The summed E-state index contributed by atoms with van der Waals surface area (Å²) in [6, 6.07) is 9.71. The van der Waals surface area contributed by atoms with E-state index in [9.17, 15) is 14.7 Å². The SMILES string of the molecule is Cc1cc(CNC(=O)c2cc(C(=N)N)ccc2O)ccc1C(=O)N1CCCC1. The van der Waals surface area contributed by atoms with E-state index in [1.54, 1.807) is 6.07 Å². The fraction of sp³-hybridized carbons (Fsp3) is 0.286. The number of nitrogen functional groups attached to an aromatic ring is 1. The van der Waals surface area contributed by atoms with E-state index in [1.165, 1.54) is 18.2 Å². The van der Waals surface area contributed by atoms with Crippen LogP contribution in [0.4, 0.5) is 0 Å². The molecule has 1 saturated heterocycles. The molecule has 2 aromatic carbocycles. The smallest absolute Gasteiger partial charge is 0.255 e. The monoisotopic (exact) mass is 380 g/mol. The van der Waals surface area contributed by atoms with Crippen molar-refractivity contribution in [2.24, 2.45) is 5.73 Å². The third kappa shape index (κ3) is 4.14. The van der Waals surface area contributed by atoms with E-state index < -0.39 is 5.91 Å². The van der Waals surface area contributed by atoms with Gasteiger partial charge in [-0.15, -0.1) is 0 Å². The van der Waals surface area contributed by atoms with Gasteiger partial charge in [0.2, 0.25) is 0 Å².